The molecule has 8 nitrogen and oxygen atoms in total. The van der Waals surface area contributed by atoms with Gasteiger partial charge < -0.3 is 25.1 Å². The average molecular weight is 488 g/mol. The molecule has 10 heteroatoms. The van der Waals surface area contributed by atoms with Crippen molar-refractivity contribution in [3.8, 4) is 0 Å². The van der Waals surface area contributed by atoms with E-state index >= 15 is 0 Å². The summed E-state index contributed by atoms with van der Waals surface area (Å²) in [6.45, 7) is 0.764. The van der Waals surface area contributed by atoms with Crippen LogP contribution in [0.4, 0.5) is 11.5 Å². The minimum Gasteiger partial charge on any atom is -0.394 e. The number of hydrogen-bond acceptors (Lipinski definition) is 7. The van der Waals surface area contributed by atoms with Crippen molar-refractivity contribution in [3.05, 3.63) is 75.8 Å². The Labute approximate surface area is 200 Å². The van der Waals surface area contributed by atoms with Crippen molar-refractivity contribution in [3.63, 3.8) is 0 Å². The van der Waals surface area contributed by atoms with Crippen molar-refractivity contribution in [1.29, 1.82) is 0 Å². The van der Waals surface area contributed by atoms with Crippen LogP contribution in [0.3, 0.4) is 0 Å². The Balaban J connectivity index is 1.44. The Morgan fingerprint density at radius 2 is 1.91 bits per heavy atom. The maximum Gasteiger partial charge on any atom is 0.160 e. The lowest BCUT2D eigenvalue weighted by atomic mass is 10.1. The van der Waals surface area contributed by atoms with Gasteiger partial charge in [-0.3, -0.25) is 4.68 Å². The number of aliphatic hydroxyl groups excluding tert-OH is 3. The lowest BCUT2D eigenvalue weighted by Crippen LogP contribution is -2.33. The molecule has 3 N–H and O–H groups in total. The molecule has 2 aromatic heterocycles. The molecule has 4 heterocycles. The number of β-amino-alcohol motifs (C(OH)–C–C–N with tert-alkyl or cyclic N) is 1. The molecule has 1 fully saturated rings. The van der Waals surface area contributed by atoms with Crippen LogP contribution in [0.25, 0.3) is 6.08 Å². The maximum atomic E-state index is 11.2. The summed E-state index contributed by atoms with van der Waals surface area (Å²) < 4.78 is 1.80. The van der Waals surface area contributed by atoms with Gasteiger partial charge in [0.15, 0.2) is 6.23 Å². The largest absolute Gasteiger partial charge is 0.394 e. The highest BCUT2D eigenvalue weighted by Crippen LogP contribution is 2.38. The normalized spacial score (nSPS) is 22.2. The summed E-state index contributed by atoms with van der Waals surface area (Å²) in [5.74, 6) is 0.575. The van der Waals surface area contributed by atoms with Crippen LogP contribution in [0.15, 0.2) is 48.9 Å². The van der Waals surface area contributed by atoms with E-state index in [1.807, 2.05) is 35.2 Å². The van der Waals surface area contributed by atoms with Gasteiger partial charge in [-0.2, -0.15) is 5.10 Å². The predicted molar refractivity (Wildman–Crippen MR) is 127 cm³/mol. The van der Waals surface area contributed by atoms with Gasteiger partial charge in [-0.15, -0.1) is 0 Å². The summed E-state index contributed by atoms with van der Waals surface area (Å²) >= 11 is 12.8. The molecule has 2 unspecified atom stereocenters. The van der Waals surface area contributed by atoms with E-state index in [4.69, 9.17) is 23.2 Å². The first-order valence-corrected chi connectivity index (χ1v) is 11.4. The number of rotatable bonds is 5. The van der Waals surface area contributed by atoms with Crippen molar-refractivity contribution in [2.75, 3.05) is 23.0 Å². The second-order valence-corrected chi connectivity index (χ2v) is 9.02. The Hall–Kier alpha value is -2.62. The number of halogens is 2. The minimum atomic E-state index is -1.00. The lowest BCUT2D eigenvalue weighted by molar-refractivity contribution is 0.181. The lowest BCUT2D eigenvalue weighted by Gasteiger charge is -2.31. The smallest absolute Gasteiger partial charge is 0.160 e. The molecular weight excluding hydrogens is 465 g/mol. The van der Waals surface area contributed by atoms with Crippen LogP contribution in [-0.2, 0) is 6.54 Å². The molecule has 5 rings (SSSR count). The van der Waals surface area contributed by atoms with E-state index < -0.39 is 12.3 Å². The van der Waals surface area contributed by atoms with Gasteiger partial charge in [0, 0.05) is 29.4 Å². The Bertz CT molecular complexity index is 1200. The maximum absolute atomic E-state index is 11.2. The minimum absolute atomic E-state index is 0.0864. The number of anilines is 2. The number of hydrogen-bond donors (Lipinski definition) is 3. The Morgan fingerprint density at radius 1 is 1.09 bits per heavy atom. The van der Waals surface area contributed by atoms with Gasteiger partial charge in [-0.25, -0.2) is 4.98 Å². The molecule has 3 aromatic rings. The van der Waals surface area contributed by atoms with Gasteiger partial charge in [-0.1, -0.05) is 41.4 Å². The Morgan fingerprint density at radius 3 is 2.70 bits per heavy atom. The molecule has 0 radical (unpaired) electrons. The molecular formula is C23H23Cl2N5O3. The molecule has 1 aromatic carbocycles. The quantitative estimate of drug-likeness (QED) is 0.508. The fourth-order valence-corrected chi connectivity index (χ4v) is 4.81. The molecule has 0 bridgehead atoms. The first-order valence-electron chi connectivity index (χ1n) is 10.6. The number of fused-ring (bicyclic) bond motifs is 1. The third-order valence-electron chi connectivity index (χ3n) is 6.12. The second kappa shape index (κ2) is 8.96. The van der Waals surface area contributed by atoms with E-state index in [1.165, 1.54) is 6.20 Å². The summed E-state index contributed by atoms with van der Waals surface area (Å²) in [5.41, 5.74) is 2.92. The number of benzene rings is 1. The third-order valence-corrected chi connectivity index (χ3v) is 6.78. The van der Waals surface area contributed by atoms with E-state index in [2.05, 4.69) is 10.1 Å². The van der Waals surface area contributed by atoms with Crippen LogP contribution in [0.1, 0.15) is 29.5 Å². The van der Waals surface area contributed by atoms with Gasteiger partial charge in [0.25, 0.3) is 0 Å². The molecule has 1 saturated heterocycles. The van der Waals surface area contributed by atoms with Gasteiger partial charge in [0.05, 0.1) is 54.1 Å². The van der Waals surface area contributed by atoms with E-state index in [0.717, 1.165) is 11.3 Å². The van der Waals surface area contributed by atoms with Crippen LogP contribution < -0.4 is 9.80 Å². The molecule has 2 aliphatic rings. The highest BCUT2D eigenvalue weighted by molar-refractivity contribution is 6.33. The topological polar surface area (TPSA) is 97.9 Å². The zero-order valence-corrected chi connectivity index (χ0v) is 19.1. The van der Waals surface area contributed by atoms with E-state index in [9.17, 15) is 15.3 Å². The second-order valence-electron chi connectivity index (χ2n) is 8.20. The fourth-order valence-electron chi connectivity index (χ4n) is 4.42. The summed E-state index contributed by atoms with van der Waals surface area (Å²) in [5, 5.41) is 36.3. The van der Waals surface area contributed by atoms with E-state index in [0.29, 0.717) is 46.6 Å². The monoisotopic (exact) mass is 487 g/mol. The predicted octanol–water partition coefficient (Wildman–Crippen LogP) is 3.05. The van der Waals surface area contributed by atoms with Crippen molar-refractivity contribution < 1.29 is 15.3 Å². The molecule has 33 heavy (non-hydrogen) atoms. The zero-order valence-electron chi connectivity index (χ0n) is 17.6. The van der Waals surface area contributed by atoms with Crippen molar-refractivity contribution in [2.45, 2.75) is 31.3 Å². The van der Waals surface area contributed by atoms with Gasteiger partial charge in [0.1, 0.15) is 5.82 Å². The summed E-state index contributed by atoms with van der Waals surface area (Å²) in [6.07, 6.45) is 5.72. The molecule has 0 aliphatic carbocycles. The molecule has 3 atom stereocenters. The fraction of sp³-hybridized carbons (Fsp3) is 0.304. The van der Waals surface area contributed by atoms with Crippen LogP contribution >= 0.6 is 23.2 Å². The highest BCUT2D eigenvalue weighted by atomic mass is 35.5. The molecule has 0 amide bonds. The van der Waals surface area contributed by atoms with Crippen molar-refractivity contribution in [2.24, 2.45) is 0 Å². The first kappa shape index (κ1) is 22.2. The number of pyridine rings is 1. The van der Waals surface area contributed by atoms with Crippen molar-refractivity contribution in [1.82, 2.24) is 14.8 Å². The average Bonchev–Trinajstić information content (AvgIpc) is 3.40. The summed E-state index contributed by atoms with van der Waals surface area (Å²) in [4.78, 5) is 7.90. The van der Waals surface area contributed by atoms with Crippen molar-refractivity contribution >= 4 is 40.8 Å². The molecule has 2 aliphatic heterocycles. The third kappa shape index (κ3) is 4.09. The van der Waals surface area contributed by atoms with Gasteiger partial charge in [-0.05, 0) is 24.1 Å². The van der Waals surface area contributed by atoms with Crippen LogP contribution in [-0.4, -0.2) is 55.4 Å². The van der Waals surface area contributed by atoms with Gasteiger partial charge in [0.2, 0.25) is 0 Å². The first-order chi connectivity index (χ1) is 16.0. The van der Waals surface area contributed by atoms with Gasteiger partial charge >= 0.3 is 0 Å². The highest BCUT2D eigenvalue weighted by Gasteiger charge is 2.33. The zero-order chi connectivity index (χ0) is 23.1. The van der Waals surface area contributed by atoms with E-state index in [-0.39, 0.29) is 12.6 Å². The number of aromatic nitrogens is 3. The molecule has 172 valence electrons. The summed E-state index contributed by atoms with van der Waals surface area (Å²) in [7, 11) is 0. The number of nitrogens with zero attached hydrogens (tertiary/aromatic N) is 5. The molecule has 0 saturated carbocycles. The number of aliphatic hydroxyl groups is 3. The summed E-state index contributed by atoms with van der Waals surface area (Å²) in [6, 6.07) is 9.12. The SMILES string of the molecule is OCC1C[C@H](O)CN1c1cc(N2C=Cc3c(cnn3Cc3ccccc3Cl)C2O)c(Cl)cn1. The standard InChI is InChI=1S/C23H23Cl2N5O3/c24-18-4-2-1-3-14(18)11-30-20-5-6-28(23(33)17(20)9-27-30)21-8-22(26-10-19(21)25)29-12-16(32)7-15(29)13-31/h1-6,8-10,15-16,23,31-33H,7,11-13H2/t15?,16-,23?/m0/s1. The van der Waals surface area contributed by atoms with E-state index in [1.54, 1.807) is 28.0 Å². The van der Waals surface area contributed by atoms with Crippen LogP contribution in [0.5, 0.6) is 0 Å². The van der Waals surface area contributed by atoms with Crippen LogP contribution in [0.2, 0.25) is 10.0 Å². The van der Waals surface area contributed by atoms with Crippen LogP contribution in [0, 0.1) is 0 Å². The molecule has 0 spiro atoms. The Kier molecular flexibility index (Phi) is 6.03.